The third-order valence-electron chi connectivity index (χ3n) is 4.52. The Bertz CT molecular complexity index is 917. The summed E-state index contributed by atoms with van der Waals surface area (Å²) in [6.07, 6.45) is -10.6. The number of hydrogen-bond acceptors (Lipinski definition) is 1. The largest absolute Gasteiger partial charge is 0.606 e. The lowest BCUT2D eigenvalue weighted by Crippen LogP contribution is -2.50. The molecule has 2 aromatic carbocycles. The standard InChI is InChI=1S/C19H12F8OS/c20-13-5-7-14(8-6-13)29(28)16-3-1-2-11-10-12(4-9-15(11)16)17(21,18(22,23)24)19(25,26)27/h3-10H,1-2H2. The summed E-state index contributed by atoms with van der Waals surface area (Å²) >= 11 is -1.85. The van der Waals surface area contributed by atoms with Crippen molar-refractivity contribution in [3.8, 4) is 0 Å². The van der Waals surface area contributed by atoms with Crippen LogP contribution in [0.1, 0.15) is 23.1 Å². The maximum absolute atomic E-state index is 14.3. The zero-order chi connectivity index (χ0) is 21.6. The number of benzene rings is 2. The second kappa shape index (κ2) is 7.32. The van der Waals surface area contributed by atoms with Gasteiger partial charge in [0, 0.05) is 22.3 Å². The van der Waals surface area contributed by atoms with E-state index in [0.717, 1.165) is 18.2 Å². The number of hydrogen-bond donors (Lipinski definition) is 0. The summed E-state index contributed by atoms with van der Waals surface area (Å²) in [6, 6.07) is 6.49. The number of aryl methyl sites for hydroxylation is 1. The molecule has 0 spiro atoms. The van der Waals surface area contributed by atoms with Gasteiger partial charge in [0.1, 0.15) is 5.82 Å². The second-order valence-electron chi connectivity index (χ2n) is 6.36. The molecule has 1 unspecified atom stereocenters. The van der Waals surface area contributed by atoms with Crippen molar-refractivity contribution in [1.82, 2.24) is 0 Å². The molecule has 0 bridgehead atoms. The van der Waals surface area contributed by atoms with Crippen LogP contribution in [0.25, 0.3) is 4.91 Å². The molecule has 0 heterocycles. The predicted octanol–water partition coefficient (Wildman–Crippen LogP) is 6.21. The average molecular weight is 440 g/mol. The van der Waals surface area contributed by atoms with E-state index in [2.05, 4.69) is 0 Å². The summed E-state index contributed by atoms with van der Waals surface area (Å²) in [7, 11) is 0. The minimum Gasteiger partial charge on any atom is -0.606 e. The van der Waals surface area contributed by atoms with E-state index in [1.54, 1.807) is 0 Å². The summed E-state index contributed by atoms with van der Waals surface area (Å²) < 4.78 is 118. The van der Waals surface area contributed by atoms with Crippen LogP contribution in [0.3, 0.4) is 0 Å². The lowest BCUT2D eigenvalue weighted by atomic mass is 9.88. The summed E-state index contributed by atoms with van der Waals surface area (Å²) in [4.78, 5) is 0.368. The maximum Gasteiger partial charge on any atom is 0.435 e. The Morgan fingerprint density at radius 1 is 0.828 bits per heavy atom. The van der Waals surface area contributed by atoms with Gasteiger partial charge in [0.25, 0.3) is 0 Å². The van der Waals surface area contributed by atoms with Crippen molar-refractivity contribution in [2.24, 2.45) is 0 Å². The molecule has 0 N–H and O–H groups in total. The minimum absolute atomic E-state index is 0.0194. The second-order valence-corrected chi connectivity index (χ2v) is 7.80. The highest BCUT2D eigenvalue weighted by atomic mass is 32.2. The Kier molecular flexibility index (Phi) is 5.46. The molecule has 1 aliphatic rings. The van der Waals surface area contributed by atoms with Gasteiger partial charge in [0.15, 0.2) is 9.80 Å². The van der Waals surface area contributed by atoms with Crippen LogP contribution >= 0.6 is 0 Å². The van der Waals surface area contributed by atoms with E-state index in [0.29, 0.717) is 12.1 Å². The first-order valence-electron chi connectivity index (χ1n) is 8.20. The molecule has 1 aliphatic carbocycles. The molecule has 1 nitrogen and oxygen atoms in total. The van der Waals surface area contributed by atoms with Crippen LogP contribution in [-0.2, 0) is 23.3 Å². The van der Waals surface area contributed by atoms with Gasteiger partial charge < -0.3 is 4.55 Å². The smallest absolute Gasteiger partial charge is 0.435 e. The molecular formula is C19H12F8OS. The molecule has 3 rings (SSSR count). The molecule has 10 heteroatoms. The van der Waals surface area contributed by atoms with Gasteiger partial charge in [-0.15, -0.1) is 0 Å². The van der Waals surface area contributed by atoms with Crippen LogP contribution in [0.15, 0.2) is 53.4 Å². The zero-order valence-electron chi connectivity index (χ0n) is 14.4. The molecule has 2 aromatic rings. The summed E-state index contributed by atoms with van der Waals surface area (Å²) in [6.45, 7) is 0. The molecule has 0 aliphatic heterocycles. The first-order chi connectivity index (χ1) is 13.4. The molecule has 29 heavy (non-hydrogen) atoms. The average Bonchev–Trinajstić information content (AvgIpc) is 2.64. The molecule has 156 valence electrons. The normalized spacial score (nSPS) is 16.2. The van der Waals surface area contributed by atoms with Crippen LogP contribution in [0.4, 0.5) is 35.1 Å². The molecule has 0 amide bonds. The minimum atomic E-state index is -6.20. The van der Waals surface area contributed by atoms with Gasteiger partial charge in [-0.2, -0.15) is 26.3 Å². The predicted molar refractivity (Wildman–Crippen MR) is 90.4 cm³/mol. The number of rotatable bonds is 3. The van der Waals surface area contributed by atoms with Crippen molar-refractivity contribution in [1.29, 1.82) is 0 Å². The SMILES string of the molecule is [O-][S+](C1=CCCc2cc(C(F)(C(F)(F)F)C(F)(F)F)ccc21)c1ccc(F)cc1. The third kappa shape index (κ3) is 3.75. The summed E-state index contributed by atoms with van der Waals surface area (Å²) in [5, 5.41) is 0. The monoisotopic (exact) mass is 440 g/mol. The topological polar surface area (TPSA) is 23.1 Å². The van der Waals surface area contributed by atoms with Crippen molar-refractivity contribution < 1.29 is 39.7 Å². The number of allylic oxidation sites excluding steroid dienone is 1. The molecule has 0 radical (unpaired) electrons. The van der Waals surface area contributed by atoms with E-state index in [1.807, 2.05) is 0 Å². The summed E-state index contributed by atoms with van der Waals surface area (Å²) in [5.74, 6) is -0.563. The van der Waals surface area contributed by atoms with Gasteiger partial charge >= 0.3 is 18.0 Å². The van der Waals surface area contributed by atoms with Gasteiger partial charge in [-0.25, -0.2) is 8.78 Å². The Balaban J connectivity index is 2.05. The lowest BCUT2D eigenvalue weighted by molar-refractivity contribution is -0.348. The van der Waals surface area contributed by atoms with Crippen molar-refractivity contribution in [3.05, 3.63) is 71.0 Å². The van der Waals surface area contributed by atoms with Crippen molar-refractivity contribution in [3.63, 3.8) is 0 Å². The van der Waals surface area contributed by atoms with Gasteiger partial charge in [-0.1, -0.05) is 12.1 Å². The number of alkyl halides is 7. The van der Waals surface area contributed by atoms with Gasteiger partial charge in [-0.05, 0) is 54.8 Å². The molecule has 0 saturated carbocycles. The third-order valence-corrected chi connectivity index (χ3v) is 6.01. The van der Waals surface area contributed by atoms with Crippen LogP contribution in [0.5, 0.6) is 0 Å². The Labute approximate surface area is 163 Å². The van der Waals surface area contributed by atoms with E-state index in [1.165, 1.54) is 18.2 Å². The van der Waals surface area contributed by atoms with Gasteiger partial charge in [0.05, 0.1) is 0 Å². The van der Waals surface area contributed by atoms with Crippen molar-refractivity contribution in [2.75, 3.05) is 0 Å². The van der Waals surface area contributed by atoms with Crippen LogP contribution in [-0.4, -0.2) is 16.9 Å². The Morgan fingerprint density at radius 3 is 1.97 bits per heavy atom. The molecular weight excluding hydrogens is 428 g/mol. The first kappa shape index (κ1) is 21.6. The van der Waals surface area contributed by atoms with E-state index >= 15 is 0 Å². The van der Waals surface area contributed by atoms with E-state index < -0.39 is 40.6 Å². The number of halogens is 8. The maximum atomic E-state index is 14.3. The molecule has 0 aromatic heterocycles. The molecule has 1 atom stereocenters. The fourth-order valence-corrected chi connectivity index (χ4v) is 4.38. The fourth-order valence-electron chi connectivity index (χ4n) is 3.07. The van der Waals surface area contributed by atoms with Crippen molar-refractivity contribution >= 4 is 16.1 Å². The molecule has 0 saturated heterocycles. The lowest BCUT2D eigenvalue weighted by Gasteiger charge is -2.31. The van der Waals surface area contributed by atoms with Crippen LogP contribution < -0.4 is 0 Å². The van der Waals surface area contributed by atoms with Crippen LogP contribution in [0.2, 0.25) is 0 Å². The Morgan fingerprint density at radius 2 is 1.41 bits per heavy atom. The van der Waals surface area contributed by atoms with E-state index in [9.17, 15) is 39.7 Å². The quantitative estimate of drug-likeness (QED) is 0.411. The van der Waals surface area contributed by atoms with E-state index in [4.69, 9.17) is 0 Å². The first-order valence-corrected chi connectivity index (χ1v) is 9.35. The Hall–Kier alpha value is -2.07. The highest BCUT2D eigenvalue weighted by molar-refractivity contribution is 8.00. The van der Waals surface area contributed by atoms with Gasteiger partial charge in [0.2, 0.25) is 0 Å². The van der Waals surface area contributed by atoms with Crippen molar-refractivity contribution in [2.45, 2.75) is 35.8 Å². The van der Waals surface area contributed by atoms with Gasteiger partial charge in [-0.3, -0.25) is 0 Å². The van der Waals surface area contributed by atoms with Crippen LogP contribution in [0, 0.1) is 5.82 Å². The summed E-state index contributed by atoms with van der Waals surface area (Å²) in [5.41, 5.74) is -6.92. The van der Waals surface area contributed by atoms with E-state index in [-0.39, 0.29) is 33.8 Å². The highest BCUT2D eigenvalue weighted by Gasteiger charge is 2.73. The fraction of sp³-hybridized carbons (Fsp3) is 0.263. The zero-order valence-corrected chi connectivity index (χ0v) is 15.2. The number of fused-ring (bicyclic) bond motifs is 1. The molecule has 0 fully saturated rings. The highest BCUT2D eigenvalue weighted by Crippen LogP contribution is 2.53.